The summed E-state index contributed by atoms with van der Waals surface area (Å²) in [5, 5.41) is 0. The zero-order chi connectivity index (χ0) is 17.0. The number of nitrogens with zero attached hydrogens (tertiary/aromatic N) is 1. The van der Waals surface area contributed by atoms with Gasteiger partial charge in [-0.1, -0.05) is 12.7 Å². The number of likely N-dealkylation sites (tertiary alicyclic amines) is 1. The van der Waals surface area contributed by atoms with Crippen LogP contribution in [0.2, 0.25) is 0 Å². The van der Waals surface area contributed by atoms with Gasteiger partial charge < -0.3 is 15.4 Å². The molecule has 1 aliphatic rings. The zero-order valence-corrected chi connectivity index (χ0v) is 13.8. The number of carbonyl (C=O) groups excluding carboxylic acids is 1. The summed E-state index contributed by atoms with van der Waals surface area (Å²) < 4.78 is 44.1. The van der Waals surface area contributed by atoms with E-state index in [2.05, 4.69) is 6.58 Å². The smallest absolute Gasteiger partial charge is 0.416 e. The highest BCUT2D eigenvalue weighted by atomic mass is 35.5. The minimum Gasteiger partial charge on any atom is -0.489 e. The van der Waals surface area contributed by atoms with E-state index in [1.165, 1.54) is 17.0 Å². The quantitative estimate of drug-likeness (QED) is 0.817. The lowest BCUT2D eigenvalue weighted by atomic mass is 10.1. The summed E-state index contributed by atoms with van der Waals surface area (Å²) in [5.41, 5.74) is 4.63. The monoisotopic (exact) mass is 364 g/mol. The second-order valence-electron chi connectivity index (χ2n) is 5.45. The average Bonchev–Trinajstić information content (AvgIpc) is 3.00. The van der Waals surface area contributed by atoms with Crippen LogP contribution in [0.3, 0.4) is 0 Å². The Bertz CT molecular complexity index is 593. The summed E-state index contributed by atoms with van der Waals surface area (Å²) in [4.78, 5) is 14.1. The van der Waals surface area contributed by atoms with Gasteiger partial charge in [-0.15, -0.1) is 12.4 Å². The van der Waals surface area contributed by atoms with Crippen LogP contribution >= 0.6 is 12.4 Å². The molecule has 8 heteroatoms. The molecule has 1 saturated heterocycles. The molecule has 24 heavy (non-hydrogen) atoms. The number of rotatable bonds is 5. The van der Waals surface area contributed by atoms with Crippen molar-refractivity contribution in [3.63, 3.8) is 0 Å². The molecular formula is C16H20ClF3N2O2. The van der Waals surface area contributed by atoms with Crippen molar-refractivity contribution < 1.29 is 22.7 Å². The van der Waals surface area contributed by atoms with Crippen LogP contribution in [0, 0.1) is 5.92 Å². The summed E-state index contributed by atoms with van der Waals surface area (Å²) in [6.45, 7) is 4.98. The molecule has 2 rings (SSSR count). The van der Waals surface area contributed by atoms with Crippen LogP contribution < -0.4 is 10.5 Å². The van der Waals surface area contributed by atoms with Gasteiger partial charge in [-0.3, -0.25) is 4.79 Å². The Morgan fingerprint density at radius 3 is 2.71 bits per heavy atom. The first-order chi connectivity index (χ1) is 10.9. The van der Waals surface area contributed by atoms with Crippen molar-refractivity contribution in [2.24, 2.45) is 11.7 Å². The second kappa shape index (κ2) is 8.39. The molecule has 1 amide bonds. The highest BCUT2D eigenvalue weighted by molar-refractivity contribution is 5.97. The molecule has 4 nitrogen and oxygen atoms in total. The van der Waals surface area contributed by atoms with Crippen LogP contribution in [0.4, 0.5) is 13.2 Å². The SMILES string of the molecule is C=CCOc1ccc(C(F)(F)F)cc1C(=O)N1CCC(CN)C1.Cl. The minimum absolute atomic E-state index is 0. The molecule has 1 aromatic carbocycles. The van der Waals surface area contributed by atoms with E-state index in [-0.39, 0.29) is 36.2 Å². The zero-order valence-electron chi connectivity index (χ0n) is 13.0. The number of benzene rings is 1. The van der Waals surface area contributed by atoms with Crippen LogP contribution in [-0.2, 0) is 6.18 Å². The summed E-state index contributed by atoms with van der Waals surface area (Å²) >= 11 is 0. The number of ether oxygens (including phenoxy) is 1. The van der Waals surface area contributed by atoms with Crippen LogP contribution in [-0.4, -0.2) is 37.0 Å². The molecular weight excluding hydrogens is 345 g/mol. The van der Waals surface area contributed by atoms with Gasteiger partial charge >= 0.3 is 6.18 Å². The average molecular weight is 365 g/mol. The number of hydrogen-bond acceptors (Lipinski definition) is 3. The topological polar surface area (TPSA) is 55.6 Å². The molecule has 0 spiro atoms. The number of carbonyl (C=O) groups is 1. The molecule has 1 aliphatic heterocycles. The summed E-state index contributed by atoms with van der Waals surface area (Å²) in [5.74, 6) is -0.160. The van der Waals surface area contributed by atoms with E-state index in [4.69, 9.17) is 10.5 Å². The van der Waals surface area contributed by atoms with E-state index >= 15 is 0 Å². The van der Waals surface area contributed by atoms with Gasteiger partial charge in [-0.25, -0.2) is 0 Å². The maximum absolute atomic E-state index is 12.9. The number of hydrogen-bond donors (Lipinski definition) is 1. The maximum atomic E-state index is 12.9. The predicted molar refractivity (Wildman–Crippen MR) is 87.4 cm³/mol. The van der Waals surface area contributed by atoms with Crippen molar-refractivity contribution in [1.82, 2.24) is 4.90 Å². The van der Waals surface area contributed by atoms with Gasteiger partial charge in [-0.05, 0) is 37.1 Å². The Labute approximate surface area is 144 Å². The number of nitrogens with two attached hydrogens (primary N) is 1. The lowest BCUT2D eigenvalue weighted by Gasteiger charge is -2.19. The first-order valence-electron chi connectivity index (χ1n) is 7.31. The molecule has 0 bridgehead atoms. The molecule has 0 aromatic heterocycles. The van der Waals surface area contributed by atoms with Gasteiger partial charge in [0.2, 0.25) is 0 Å². The third kappa shape index (κ3) is 4.64. The van der Waals surface area contributed by atoms with Gasteiger partial charge in [0, 0.05) is 13.1 Å². The van der Waals surface area contributed by atoms with Crippen molar-refractivity contribution in [2.45, 2.75) is 12.6 Å². The van der Waals surface area contributed by atoms with E-state index in [0.29, 0.717) is 19.6 Å². The third-order valence-corrected chi connectivity index (χ3v) is 3.80. The predicted octanol–water partition coefficient (Wildman–Crippen LogP) is 3.11. The molecule has 1 atom stereocenters. The Kier molecular flexibility index (Phi) is 7.10. The van der Waals surface area contributed by atoms with Gasteiger partial charge in [0.25, 0.3) is 5.91 Å². The van der Waals surface area contributed by atoms with Gasteiger partial charge in [0.05, 0.1) is 11.1 Å². The number of halogens is 4. The standard InChI is InChI=1S/C16H19F3N2O2.ClH/c1-2-7-23-14-4-3-12(16(17,18)19)8-13(14)15(22)21-6-5-11(9-20)10-21;/h2-4,8,11H,1,5-7,9-10,20H2;1H. The fraction of sp³-hybridized carbons (Fsp3) is 0.438. The van der Waals surface area contributed by atoms with E-state index in [1.54, 1.807) is 0 Å². The van der Waals surface area contributed by atoms with Gasteiger partial charge in [0.1, 0.15) is 12.4 Å². The first-order valence-corrected chi connectivity index (χ1v) is 7.31. The van der Waals surface area contributed by atoms with Crippen molar-refractivity contribution in [3.05, 3.63) is 42.0 Å². The van der Waals surface area contributed by atoms with E-state index < -0.39 is 17.6 Å². The van der Waals surface area contributed by atoms with Gasteiger partial charge in [-0.2, -0.15) is 13.2 Å². The summed E-state index contributed by atoms with van der Waals surface area (Å²) in [6.07, 6.45) is -2.30. The van der Waals surface area contributed by atoms with Crippen LogP contribution in [0.25, 0.3) is 0 Å². The lowest BCUT2D eigenvalue weighted by molar-refractivity contribution is -0.137. The number of amides is 1. The highest BCUT2D eigenvalue weighted by Gasteiger charge is 2.34. The molecule has 1 fully saturated rings. The summed E-state index contributed by atoms with van der Waals surface area (Å²) in [7, 11) is 0. The van der Waals surface area contributed by atoms with Gasteiger partial charge in [0.15, 0.2) is 0 Å². The first kappa shape index (κ1) is 20.3. The Morgan fingerprint density at radius 2 is 2.17 bits per heavy atom. The number of alkyl halides is 3. The molecule has 0 saturated carbocycles. The van der Waals surface area contributed by atoms with Crippen molar-refractivity contribution in [3.8, 4) is 5.75 Å². The summed E-state index contributed by atoms with van der Waals surface area (Å²) in [6, 6.07) is 2.93. The minimum atomic E-state index is -4.52. The fourth-order valence-electron chi connectivity index (χ4n) is 2.53. The molecule has 1 heterocycles. The van der Waals surface area contributed by atoms with Crippen molar-refractivity contribution in [1.29, 1.82) is 0 Å². The third-order valence-electron chi connectivity index (χ3n) is 3.80. The Morgan fingerprint density at radius 1 is 1.46 bits per heavy atom. The molecule has 134 valence electrons. The molecule has 1 aromatic rings. The molecule has 2 N–H and O–H groups in total. The van der Waals surface area contributed by atoms with Crippen LogP contribution in [0.15, 0.2) is 30.9 Å². The molecule has 0 aliphatic carbocycles. The van der Waals surface area contributed by atoms with E-state index in [0.717, 1.165) is 18.6 Å². The molecule has 1 unspecified atom stereocenters. The van der Waals surface area contributed by atoms with Crippen molar-refractivity contribution >= 4 is 18.3 Å². The highest BCUT2D eigenvalue weighted by Crippen LogP contribution is 2.33. The van der Waals surface area contributed by atoms with Crippen LogP contribution in [0.5, 0.6) is 5.75 Å². The largest absolute Gasteiger partial charge is 0.489 e. The maximum Gasteiger partial charge on any atom is 0.416 e. The van der Waals surface area contributed by atoms with Crippen LogP contribution in [0.1, 0.15) is 22.3 Å². The van der Waals surface area contributed by atoms with Crippen molar-refractivity contribution in [2.75, 3.05) is 26.2 Å². The fourth-order valence-corrected chi connectivity index (χ4v) is 2.53. The Hall–Kier alpha value is -1.73. The Balaban J connectivity index is 0.00000288. The van der Waals surface area contributed by atoms with E-state index in [1.807, 2.05) is 0 Å². The normalized spacial score (nSPS) is 17.3. The molecule has 0 radical (unpaired) electrons. The lowest BCUT2D eigenvalue weighted by Crippen LogP contribution is -2.30. The second-order valence-corrected chi connectivity index (χ2v) is 5.45. The van der Waals surface area contributed by atoms with E-state index in [9.17, 15) is 18.0 Å².